The maximum Gasteiger partial charge on any atom is 0.252 e. The highest BCUT2D eigenvalue weighted by molar-refractivity contribution is 5.98. The van der Waals surface area contributed by atoms with Crippen LogP contribution in [0.1, 0.15) is 15.9 Å². The van der Waals surface area contributed by atoms with E-state index in [2.05, 4.69) is 11.9 Å². The first-order valence-corrected chi connectivity index (χ1v) is 4.57. The van der Waals surface area contributed by atoms with Gasteiger partial charge in [-0.25, -0.2) is 0 Å². The zero-order chi connectivity index (χ0) is 12.1. The van der Waals surface area contributed by atoms with Crippen LogP contribution in [0.2, 0.25) is 0 Å². The fourth-order valence-electron chi connectivity index (χ4n) is 1.38. The van der Waals surface area contributed by atoms with Crippen molar-refractivity contribution in [1.82, 2.24) is 0 Å². The molecule has 0 fully saturated rings. The Hall–Kier alpha value is -2.30. The van der Waals surface area contributed by atoms with Crippen LogP contribution >= 0.6 is 0 Å². The lowest BCUT2D eigenvalue weighted by molar-refractivity contribution is -0.105. The molecule has 0 aliphatic rings. The molecule has 1 aromatic carbocycles. The number of anilines is 1. The quantitative estimate of drug-likeness (QED) is 0.389. The fourth-order valence-corrected chi connectivity index (χ4v) is 1.38. The van der Waals surface area contributed by atoms with E-state index in [0.29, 0.717) is 18.4 Å². The molecule has 84 valence electrons. The van der Waals surface area contributed by atoms with Gasteiger partial charge in [0.15, 0.2) is 5.75 Å². The molecule has 0 heterocycles. The van der Waals surface area contributed by atoms with Gasteiger partial charge in [-0.2, -0.15) is 0 Å². The van der Waals surface area contributed by atoms with E-state index in [1.807, 2.05) is 0 Å². The highest BCUT2D eigenvalue weighted by Gasteiger charge is 2.14. The SMILES string of the molecule is C=CCc1ccc(C(N)=O)c(O)c1NC=O. The molecule has 16 heavy (non-hydrogen) atoms. The Labute approximate surface area is 92.6 Å². The molecule has 0 spiro atoms. The van der Waals surface area contributed by atoms with Crippen molar-refractivity contribution in [1.29, 1.82) is 0 Å². The second kappa shape index (κ2) is 4.97. The van der Waals surface area contributed by atoms with E-state index in [0.717, 1.165) is 0 Å². The summed E-state index contributed by atoms with van der Waals surface area (Å²) in [6.45, 7) is 3.56. The molecule has 0 saturated carbocycles. The summed E-state index contributed by atoms with van der Waals surface area (Å²) in [6, 6.07) is 3.01. The van der Waals surface area contributed by atoms with E-state index in [-0.39, 0.29) is 17.0 Å². The molecule has 1 aromatic rings. The van der Waals surface area contributed by atoms with Crippen LogP contribution in [0.5, 0.6) is 5.75 Å². The van der Waals surface area contributed by atoms with Gasteiger partial charge in [-0.1, -0.05) is 12.1 Å². The highest BCUT2D eigenvalue weighted by atomic mass is 16.3. The molecule has 5 heteroatoms. The van der Waals surface area contributed by atoms with Crippen LogP contribution in [0, 0.1) is 0 Å². The molecule has 0 aliphatic carbocycles. The molecule has 0 aliphatic heterocycles. The molecule has 0 radical (unpaired) electrons. The van der Waals surface area contributed by atoms with Crippen molar-refractivity contribution >= 4 is 18.0 Å². The maximum absolute atomic E-state index is 11.0. The molecule has 1 rings (SSSR count). The number of primary amides is 1. The number of hydrogen-bond acceptors (Lipinski definition) is 3. The van der Waals surface area contributed by atoms with Crippen molar-refractivity contribution in [3.05, 3.63) is 35.9 Å². The third-order valence-electron chi connectivity index (χ3n) is 2.10. The molecule has 0 unspecified atom stereocenters. The molecule has 4 N–H and O–H groups in total. The van der Waals surface area contributed by atoms with Crippen molar-refractivity contribution in [2.24, 2.45) is 5.73 Å². The number of amides is 2. The van der Waals surface area contributed by atoms with Crippen molar-refractivity contribution < 1.29 is 14.7 Å². The van der Waals surface area contributed by atoms with E-state index in [4.69, 9.17) is 5.73 Å². The number of nitrogens with two attached hydrogens (primary N) is 1. The first-order valence-electron chi connectivity index (χ1n) is 4.57. The third-order valence-corrected chi connectivity index (χ3v) is 2.10. The lowest BCUT2D eigenvalue weighted by atomic mass is 10.0. The predicted octanol–water partition coefficient (Wildman–Crippen LogP) is 0.788. The van der Waals surface area contributed by atoms with Crippen LogP contribution in [0.4, 0.5) is 5.69 Å². The van der Waals surface area contributed by atoms with Gasteiger partial charge in [0.25, 0.3) is 5.91 Å². The van der Waals surface area contributed by atoms with Crippen LogP contribution in [0.3, 0.4) is 0 Å². The van der Waals surface area contributed by atoms with Gasteiger partial charge in [0.2, 0.25) is 6.41 Å². The fraction of sp³-hybridized carbons (Fsp3) is 0.0909. The minimum atomic E-state index is -0.753. The summed E-state index contributed by atoms with van der Waals surface area (Å²) in [7, 11) is 0. The number of carbonyl (C=O) groups is 2. The molecule has 0 saturated heterocycles. The Bertz CT molecular complexity index is 441. The molecule has 0 atom stereocenters. The first kappa shape index (κ1) is 11.8. The van der Waals surface area contributed by atoms with Gasteiger partial charge in [0.05, 0.1) is 11.3 Å². The van der Waals surface area contributed by atoms with Gasteiger partial charge in [-0.05, 0) is 18.1 Å². The average Bonchev–Trinajstić information content (AvgIpc) is 2.23. The Morgan fingerprint density at radius 1 is 1.56 bits per heavy atom. The third kappa shape index (κ3) is 2.20. The number of phenols is 1. The number of aromatic hydroxyl groups is 1. The van der Waals surface area contributed by atoms with Gasteiger partial charge in [0, 0.05) is 0 Å². The van der Waals surface area contributed by atoms with Crippen molar-refractivity contribution in [3.63, 3.8) is 0 Å². The summed E-state index contributed by atoms with van der Waals surface area (Å²) in [6.07, 6.45) is 2.50. The van der Waals surface area contributed by atoms with Gasteiger partial charge in [-0.15, -0.1) is 6.58 Å². The second-order valence-electron chi connectivity index (χ2n) is 3.12. The summed E-state index contributed by atoms with van der Waals surface area (Å²) in [5.41, 5.74) is 5.88. The minimum absolute atomic E-state index is 0.0304. The van der Waals surface area contributed by atoms with E-state index >= 15 is 0 Å². The topological polar surface area (TPSA) is 92.4 Å². The predicted molar refractivity (Wildman–Crippen MR) is 60.2 cm³/mol. The van der Waals surface area contributed by atoms with Crippen molar-refractivity contribution in [2.45, 2.75) is 6.42 Å². The maximum atomic E-state index is 11.0. The Morgan fingerprint density at radius 3 is 2.75 bits per heavy atom. The number of benzene rings is 1. The number of hydrogen-bond donors (Lipinski definition) is 3. The second-order valence-corrected chi connectivity index (χ2v) is 3.12. The number of allylic oxidation sites excluding steroid dienone is 1. The molecule has 0 bridgehead atoms. The van der Waals surface area contributed by atoms with Crippen LogP contribution in [0.15, 0.2) is 24.8 Å². The van der Waals surface area contributed by atoms with Crippen molar-refractivity contribution in [3.8, 4) is 5.75 Å². The smallest absolute Gasteiger partial charge is 0.252 e. The van der Waals surface area contributed by atoms with Gasteiger partial charge in [0.1, 0.15) is 0 Å². The van der Waals surface area contributed by atoms with Crippen LogP contribution in [-0.2, 0) is 11.2 Å². The summed E-state index contributed by atoms with van der Waals surface area (Å²) < 4.78 is 0. The van der Waals surface area contributed by atoms with E-state index in [1.54, 1.807) is 12.1 Å². The van der Waals surface area contributed by atoms with Crippen molar-refractivity contribution in [2.75, 3.05) is 5.32 Å². The molecule has 2 amide bonds. The van der Waals surface area contributed by atoms with E-state index in [1.165, 1.54) is 6.07 Å². The monoisotopic (exact) mass is 220 g/mol. The normalized spacial score (nSPS) is 9.50. The lowest BCUT2D eigenvalue weighted by Crippen LogP contribution is -2.12. The average molecular weight is 220 g/mol. The number of nitrogens with one attached hydrogen (secondary N) is 1. The van der Waals surface area contributed by atoms with Gasteiger partial charge < -0.3 is 16.2 Å². The standard InChI is InChI=1S/C11H12N2O3/c1-2-3-7-4-5-8(11(12)16)10(15)9(7)13-6-14/h2,4-6,15H,1,3H2,(H2,12,16)(H,13,14). The minimum Gasteiger partial charge on any atom is -0.505 e. The summed E-state index contributed by atoms with van der Waals surface area (Å²) in [4.78, 5) is 21.4. The zero-order valence-corrected chi connectivity index (χ0v) is 8.56. The Kier molecular flexibility index (Phi) is 3.66. The Balaban J connectivity index is 3.33. The van der Waals surface area contributed by atoms with E-state index < -0.39 is 5.91 Å². The highest BCUT2D eigenvalue weighted by Crippen LogP contribution is 2.31. The Morgan fingerprint density at radius 2 is 2.25 bits per heavy atom. The molecular formula is C11H12N2O3. The van der Waals surface area contributed by atoms with E-state index in [9.17, 15) is 14.7 Å². The van der Waals surface area contributed by atoms with Crippen LogP contribution in [-0.4, -0.2) is 17.4 Å². The summed E-state index contributed by atoms with van der Waals surface area (Å²) in [5, 5.41) is 12.1. The summed E-state index contributed by atoms with van der Waals surface area (Å²) >= 11 is 0. The first-order chi connectivity index (χ1) is 7.61. The largest absolute Gasteiger partial charge is 0.505 e. The number of carbonyl (C=O) groups excluding carboxylic acids is 2. The van der Waals surface area contributed by atoms with Gasteiger partial charge in [-0.3, -0.25) is 9.59 Å². The lowest BCUT2D eigenvalue weighted by Gasteiger charge is -2.11. The van der Waals surface area contributed by atoms with Crippen LogP contribution in [0.25, 0.3) is 0 Å². The molecular weight excluding hydrogens is 208 g/mol. The molecule has 0 aromatic heterocycles. The number of rotatable bonds is 5. The van der Waals surface area contributed by atoms with Crippen LogP contribution < -0.4 is 11.1 Å². The molecule has 5 nitrogen and oxygen atoms in total. The van der Waals surface area contributed by atoms with Gasteiger partial charge >= 0.3 is 0 Å². The summed E-state index contributed by atoms with van der Waals surface area (Å²) in [5.74, 6) is -1.07. The zero-order valence-electron chi connectivity index (χ0n) is 8.56.